The minimum Gasteiger partial charge on any atom is -0.496 e. The van der Waals surface area contributed by atoms with Gasteiger partial charge in [0.25, 0.3) is 0 Å². The second kappa shape index (κ2) is 5.90. The highest BCUT2D eigenvalue weighted by molar-refractivity contribution is 5.47. The van der Waals surface area contributed by atoms with Crippen molar-refractivity contribution in [2.24, 2.45) is 5.73 Å². The predicted octanol–water partition coefficient (Wildman–Crippen LogP) is 3.02. The Balaban J connectivity index is 3.16. The highest BCUT2D eigenvalue weighted by Gasteiger charge is 2.14. The molecule has 0 saturated heterocycles. The molecule has 16 heavy (non-hydrogen) atoms. The van der Waals surface area contributed by atoms with Gasteiger partial charge in [-0.2, -0.15) is 0 Å². The fraction of sp³-hybridized carbons (Fsp3) is 0.571. The van der Waals surface area contributed by atoms with Crippen LogP contribution in [-0.4, -0.2) is 13.7 Å². The van der Waals surface area contributed by atoms with Crippen LogP contribution >= 0.6 is 0 Å². The van der Waals surface area contributed by atoms with E-state index in [2.05, 4.69) is 32.9 Å². The normalized spacial score (nSPS) is 10.9. The van der Waals surface area contributed by atoms with E-state index in [0.29, 0.717) is 5.92 Å². The molecule has 2 N–H and O–H groups in total. The van der Waals surface area contributed by atoms with E-state index in [1.54, 1.807) is 7.11 Å². The maximum Gasteiger partial charge on any atom is 0.125 e. The van der Waals surface area contributed by atoms with Crippen LogP contribution in [0.25, 0.3) is 0 Å². The van der Waals surface area contributed by atoms with E-state index >= 15 is 0 Å². The Morgan fingerprint density at radius 2 is 2.00 bits per heavy atom. The van der Waals surface area contributed by atoms with E-state index in [4.69, 9.17) is 10.5 Å². The third-order valence-electron chi connectivity index (χ3n) is 2.91. The van der Waals surface area contributed by atoms with Crippen molar-refractivity contribution in [3.63, 3.8) is 0 Å². The molecule has 0 spiro atoms. The van der Waals surface area contributed by atoms with Crippen molar-refractivity contribution < 1.29 is 4.74 Å². The summed E-state index contributed by atoms with van der Waals surface area (Å²) in [7, 11) is 1.75. The van der Waals surface area contributed by atoms with Gasteiger partial charge in [0.1, 0.15) is 5.75 Å². The molecule has 0 radical (unpaired) electrons. The van der Waals surface area contributed by atoms with Gasteiger partial charge in [-0.3, -0.25) is 0 Å². The first-order valence-corrected chi connectivity index (χ1v) is 5.98. The molecule has 0 aliphatic heterocycles. The van der Waals surface area contributed by atoms with E-state index < -0.39 is 0 Å². The Bertz CT molecular complexity index is 345. The minimum atomic E-state index is 0.489. The van der Waals surface area contributed by atoms with Gasteiger partial charge in [-0.05, 0) is 43.4 Å². The average molecular weight is 221 g/mol. The summed E-state index contributed by atoms with van der Waals surface area (Å²) >= 11 is 0. The lowest BCUT2D eigenvalue weighted by atomic mass is 9.91. The molecular formula is C14H23NO. The summed E-state index contributed by atoms with van der Waals surface area (Å²) in [6, 6.07) is 4.35. The summed E-state index contributed by atoms with van der Waals surface area (Å²) in [4.78, 5) is 0. The van der Waals surface area contributed by atoms with Gasteiger partial charge in [0, 0.05) is 5.56 Å². The first-order chi connectivity index (χ1) is 7.61. The van der Waals surface area contributed by atoms with Crippen molar-refractivity contribution in [1.29, 1.82) is 0 Å². The molecule has 1 aromatic rings. The van der Waals surface area contributed by atoms with Crippen LogP contribution in [0.1, 0.15) is 42.9 Å². The summed E-state index contributed by atoms with van der Waals surface area (Å²) in [5, 5.41) is 0. The van der Waals surface area contributed by atoms with Crippen molar-refractivity contribution in [2.75, 3.05) is 13.7 Å². The van der Waals surface area contributed by atoms with E-state index in [-0.39, 0.29) is 0 Å². The zero-order chi connectivity index (χ0) is 12.1. The fourth-order valence-corrected chi connectivity index (χ4v) is 2.16. The van der Waals surface area contributed by atoms with E-state index in [0.717, 1.165) is 25.1 Å². The van der Waals surface area contributed by atoms with Gasteiger partial charge in [-0.15, -0.1) is 0 Å². The van der Waals surface area contributed by atoms with Gasteiger partial charge in [-0.25, -0.2) is 0 Å². The third-order valence-corrected chi connectivity index (χ3v) is 2.91. The van der Waals surface area contributed by atoms with Crippen LogP contribution in [0.2, 0.25) is 0 Å². The molecule has 0 amide bonds. The van der Waals surface area contributed by atoms with Gasteiger partial charge in [-0.1, -0.05) is 26.0 Å². The number of nitrogens with two attached hydrogens (primary N) is 1. The van der Waals surface area contributed by atoms with Crippen LogP contribution in [0.3, 0.4) is 0 Å². The second-order valence-corrected chi connectivity index (χ2v) is 4.54. The Morgan fingerprint density at radius 3 is 2.50 bits per heavy atom. The van der Waals surface area contributed by atoms with Crippen molar-refractivity contribution in [3.05, 3.63) is 28.8 Å². The monoisotopic (exact) mass is 221 g/mol. The van der Waals surface area contributed by atoms with Crippen LogP contribution in [-0.2, 0) is 6.42 Å². The predicted molar refractivity (Wildman–Crippen MR) is 69.2 cm³/mol. The molecule has 1 aromatic carbocycles. The quantitative estimate of drug-likeness (QED) is 0.829. The van der Waals surface area contributed by atoms with Crippen LogP contribution in [0.4, 0.5) is 0 Å². The van der Waals surface area contributed by atoms with Crippen molar-refractivity contribution in [3.8, 4) is 5.75 Å². The number of aryl methyl sites for hydroxylation is 2. The van der Waals surface area contributed by atoms with Gasteiger partial charge in [0.15, 0.2) is 0 Å². The number of hydrogen-bond acceptors (Lipinski definition) is 2. The lowest BCUT2D eigenvalue weighted by molar-refractivity contribution is 0.403. The van der Waals surface area contributed by atoms with E-state index in [9.17, 15) is 0 Å². The third kappa shape index (κ3) is 2.76. The molecule has 2 heteroatoms. The molecule has 1 rings (SSSR count). The summed E-state index contributed by atoms with van der Waals surface area (Å²) in [5.41, 5.74) is 9.50. The highest BCUT2D eigenvalue weighted by Crippen LogP contribution is 2.33. The fourth-order valence-electron chi connectivity index (χ4n) is 2.16. The number of methoxy groups -OCH3 is 1. The van der Waals surface area contributed by atoms with Gasteiger partial charge in [0.2, 0.25) is 0 Å². The molecule has 0 aromatic heterocycles. The first-order valence-electron chi connectivity index (χ1n) is 5.98. The molecule has 0 aliphatic rings. The van der Waals surface area contributed by atoms with Crippen LogP contribution in [0.5, 0.6) is 5.75 Å². The van der Waals surface area contributed by atoms with Crippen LogP contribution < -0.4 is 10.5 Å². The number of ether oxygens (including phenoxy) is 1. The van der Waals surface area contributed by atoms with Crippen molar-refractivity contribution >= 4 is 0 Å². The molecule has 0 saturated carbocycles. The molecule has 2 nitrogen and oxygen atoms in total. The molecule has 0 aliphatic carbocycles. The molecule has 0 heterocycles. The SMILES string of the molecule is COc1c(C)ccc(CCCN)c1C(C)C. The lowest BCUT2D eigenvalue weighted by Gasteiger charge is -2.19. The molecular weight excluding hydrogens is 198 g/mol. The molecule has 90 valence electrons. The zero-order valence-electron chi connectivity index (χ0n) is 10.8. The van der Waals surface area contributed by atoms with E-state index in [1.807, 2.05) is 0 Å². The maximum absolute atomic E-state index is 5.57. The Morgan fingerprint density at radius 1 is 1.31 bits per heavy atom. The lowest BCUT2D eigenvalue weighted by Crippen LogP contribution is -2.05. The highest BCUT2D eigenvalue weighted by atomic mass is 16.5. The molecule has 0 atom stereocenters. The largest absolute Gasteiger partial charge is 0.496 e. The molecule has 0 fully saturated rings. The Hall–Kier alpha value is -1.02. The van der Waals surface area contributed by atoms with Crippen LogP contribution in [0, 0.1) is 6.92 Å². The van der Waals surface area contributed by atoms with Crippen LogP contribution in [0.15, 0.2) is 12.1 Å². The van der Waals surface area contributed by atoms with Crippen molar-refractivity contribution in [2.45, 2.75) is 39.5 Å². The zero-order valence-corrected chi connectivity index (χ0v) is 10.8. The Kier molecular flexibility index (Phi) is 4.81. The van der Waals surface area contributed by atoms with Gasteiger partial charge in [0.05, 0.1) is 7.11 Å². The molecule has 0 bridgehead atoms. The minimum absolute atomic E-state index is 0.489. The Labute approximate surface area is 98.8 Å². The maximum atomic E-state index is 5.57. The summed E-state index contributed by atoms with van der Waals surface area (Å²) in [5.74, 6) is 1.53. The summed E-state index contributed by atoms with van der Waals surface area (Å²) < 4.78 is 5.53. The number of rotatable bonds is 5. The van der Waals surface area contributed by atoms with Gasteiger partial charge >= 0.3 is 0 Å². The topological polar surface area (TPSA) is 35.2 Å². The van der Waals surface area contributed by atoms with Crippen molar-refractivity contribution in [1.82, 2.24) is 0 Å². The number of benzene rings is 1. The second-order valence-electron chi connectivity index (χ2n) is 4.54. The number of hydrogen-bond donors (Lipinski definition) is 1. The summed E-state index contributed by atoms with van der Waals surface area (Å²) in [6.07, 6.45) is 2.08. The van der Waals surface area contributed by atoms with E-state index in [1.165, 1.54) is 16.7 Å². The summed E-state index contributed by atoms with van der Waals surface area (Å²) in [6.45, 7) is 7.26. The van der Waals surface area contributed by atoms with Gasteiger partial charge < -0.3 is 10.5 Å². The first kappa shape index (κ1) is 13.0. The average Bonchev–Trinajstić information content (AvgIpc) is 2.26. The molecule has 0 unspecified atom stereocenters. The smallest absolute Gasteiger partial charge is 0.125 e. The standard InChI is InChI=1S/C14H23NO/c1-10(2)13-12(6-5-9-15)8-7-11(3)14(13)16-4/h7-8,10H,5-6,9,15H2,1-4H3.